The molecule has 7 heteroatoms. The second kappa shape index (κ2) is 9.22. The average molecular weight is 396 g/mol. The summed E-state index contributed by atoms with van der Waals surface area (Å²) in [5.74, 6) is 1.29. The van der Waals surface area contributed by atoms with Crippen LogP contribution in [0, 0.1) is 18.3 Å². The van der Waals surface area contributed by atoms with E-state index in [0.717, 1.165) is 37.4 Å². The molecule has 0 spiro atoms. The quantitative estimate of drug-likeness (QED) is 0.692. The molecular formula is C20H34ClN5O. The van der Waals surface area contributed by atoms with Crippen LogP contribution in [-0.4, -0.2) is 54.5 Å². The molecule has 0 saturated carbocycles. The number of aromatic nitrogens is 1. The molecule has 152 valence electrons. The Kier molecular flexibility index (Phi) is 7.48. The Balaban J connectivity index is 2.06. The van der Waals surface area contributed by atoms with Crippen molar-refractivity contribution in [2.45, 2.75) is 47.1 Å². The van der Waals surface area contributed by atoms with E-state index in [2.05, 4.69) is 48.1 Å². The monoisotopic (exact) mass is 395 g/mol. The number of nitrogens with two attached hydrogens (primary N) is 1. The third kappa shape index (κ3) is 6.33. The fourth-order valence-electron chi connectivity index (χ4n) is 3.36. The number of nitrogens with zero attached hydrogens (tertiary/aromatic N) is 3. The van der Waals surface area contributed by atoms with Crippen LogP contribution >= 0.6 is 11.6 Å². The van der Waals surface area contributed by atoms with Crippen molar-refractivity contribution in [1.29, 1.82) is 0 Å². The van der Waals surface area contributed by atoms with Crippen LogP contribution in [0.4, 0.5) is 0 Å². The van der Waals surface area contributed by atoms with Gasteiger partial charge >= 0.3 is 0 Å². The lowest BCUT2D eigenvalue weighted by Gasteiger charge is -2.22. The Morgan fingerprint density at radius 1 is 1.44 bits per heavy atom. The second-order valence-corrected chi connectivity index (χ2v) is 9.13. The van der Waals surface area contributed by atoms with Gasteiger partial charge in [-0.2, -0.15) is 0 Å². The highest BCUT2D eigenvalue weighted by Crippen LogP contribution is 2.23. The van der Waals surface area contributed by atoms with E-state index in [1.165, 1.54) is 0 Å². The third-order valence-corrected chi connectivity index (χ3v) is 5.42. The normalized spacial score (nSPS) is 23.0. The molecule has 0 aliphatic carbocycles. The topological polar surface area (TPSA) is 79.7 Å². The van der Waals surface area contributed by atoms with Gasteiger partial charge in [0, 0.05) is 44.4 Å². The maximum Gasteiger partial charge on any atom is 0.134 e. The lowest BCUT2D eigenvalue weighted by molar-refractivity contribution is 0.336. The van der Waals surface area contributed by atoms with Crippen LogP contribution in [0.15, 0.2) is 21.2 Å². The van der Waals surface area contributed by atoms with E-state index in [9.17, 15) is 0 Å². The molecule has 0 aromatic carbocycles. The number of hydrogen-bond donors (Lipinski definition) is 2. The molecule has 1 aromatic heterocycles. The number of likely N-dealkylation sites (tertiary alicyclic amines) is 1. The molecule has 3 N–H and O–H groups in total. The van der Waals surface area contributed by atoms with Gasteiger partial charge in [0.2, 0.25) is 0 Å². The van der Waals surface area contributed by atoms with Gasteiger partial charge in [0.1, 0.15) is 16.6 Å². The Bertz CT molecular complexity index is 689. The summed E-state index contributed by atoms with van der Waals surface area (Å²) in [6, 6.07) is 2.29. The van der Waals surface area contributed by atoms with Crippen LogP contribution in [0.3, 0.4) is 0 Å². The summed E-state index contributed by atoms with van der Waals surface area (Å²) >= 11 is 6.38. The van der Waals surface area contributed by atoms with Crippen molar-refractivity contribution in [3.05, 3.63) is 23.1 Å². The molecular weight excluding hydrogens is 362 g/mol. The molecule has 1 fully saturated rings. The van der Waals surface area contributed by atoms with E-state index in [-0.39, 0.29) is 0 Å². The first-order valence-electron chi connectivity index (χ1n) is 9.61. The standard InChI is InChI=1S/C20H34ClN5O/c1-13-10-26(12-17(13)24-8-7-20(3,4)5)11-15(19(21)23-6)18(22)16-9-14(2)27-25-16/h9,13,17,24H,7-8,10-12,22H2,1-6H3/b18-15-,23-19?. The highest BCUT2D eigenvalue weighted by atomic mass is 35.5. The average Bonchev–Trinajstić information content (AvgIpc) is 3.16. The highest BCUT2D eigenvalue weighted by Gasteiger charge is 2.30. The largest absolute Gasteiger partial charge is 0.397 e. The summed E-state index contributed by atoms with van der Waals surface area (Å²) in [6.07, 6.45) is 1.16. The minimum atomic E-state index is 0.347. The van der Waals surface area contributed by atoms with Gasteiger partial charge in [-0.1, -0.05) is 44.5 Å². The molecule has 6 nitrogen and oxygen atoms in total. The molecule has 1 aromatic rings. The number of aliphatic imine (C=N–C) groups is 1. The lowest BCUT2D eigenvalue weighted by atomic mass is 9.92. The van der Waals surface area contributed by atoms with E-state index < -0.39 is 0 Å². The zero-order chi connectivity index (χ0) is 20.2. The van der Waals surface area contributed by atoms with Crippen LogP contribution in [0.25, 0.3) is 5.70 Å². The van der Waals surface area contributed by atoms with Gasteiger partial charge in [-0.3, -0.25) is 9.89 Å². The Morgan fingerprint density at radius 2 is 2.15 bits per heavy atom. The zero-order valence-corrected chi connectivity index (χ0v) is 18.2. The first-order valence-corrected chi connectivity index (χ1v) is 9.99. The maximum atomic E-state index is 6.38. The van der Waals surface area contributed by atoms with Crippen LogP contribution in [0.2, 0.25) is 0 Å². The fourth-order valence-corrected chi connectivity index (χ4v) is 3.52. The Morgan fingerprint density at radius 3 is 2.70 bits per heavy atom. The fraction of sp³-hybridized carbons (Fsp3) is 0.700. The molecule has 1 aliphatic heterocycles. The Hall–Kier alpha value is -1.37. The number of rotatable bonds is 7. The van der Waals surface area contributed by atoms with Crippen molar-refractivity contribution in [2.24, 2.45) is 22.1 Å². The number of nitrogens with one attached hydrogen (secondary N) is 1. The van der Waals surface area contributed by atoms with Gasteiger partial charge in [-0.05, 0) is 31.2 Å². The minimum absolute atomic E-state index is 0.347. The van der Waals surface area contributed by atoms with Crippen molar-refractivity contribution >= 4 is 22.5 Å². The van der Waals surface area contributed by atoms with Gasteiger partial charge in [0.15, 0.2) is 0 Å². The van der Waals surface area contributed by atoms with Crippen molar-refractivity contribution in [2.75, 3.05) is 33.2 Å². The first-order chi connectivity index (χ1) is 12.6. The summed E-state index contributed by atoms with van der Waals surface area (Å²) in [6.45, 7) is 14.6. The molecule has 0 amide bonds. The molecule has 1 saturated heterocycles. The number of hydrogen-bond acceptors (Lipinski definition) is 6. The number of aryl methyl sites for hydroxylation is 1. The van der Waals surface area contributed by atoms with E-state index in [1.54, 1.807) is 7.05 Å². The van der Waals surface area contributed by atoms with Gasteiger partial charge in [-0.15, -0.1) is 0 Å². The Labute approximate surface area is 168 Å². The van der Waals surface area contributed by atoms with Crippen LogP contribution in [-0.2, 0) is 0 Å². The molecule has 2 atom stereocenters. The van der Waals surface area contributed by atoms with E-state index in [4.69, 9.17) is 21.9 Å². The third-order valence-electron chi connectivity index (χ3n) is 5.03. The molecule has 2 heterocycles. The maximum absolute atomic E-state index is 6.38. The predicted molar refractivity (Wildman–Crippen MR) is 113 cm³/mol. The predicted octanol–water partition coefficient (Wildman–Crippen LogP) is 3.27. The van der Waals surface area contributed by atoms with Crippen molar-refractivity contribution in [1.82, 2.24) is 15.4 Å². The summed E-state index contributed by atoms with van der Waals surface area (Å²) in [7, 11) is 1.67. The van der Waals surface area contributed by atoms with E-state index in [1.807, 2.05) is 13.0 Å². The van der Waals surface area contributed by atoms with Crippen LogP contribution < -0.4 is 11.1 Å². The molecule has 27 heavy (non-hydrogen) atoms. The minimum Gasteiger partial charge on any atom is -0.397 e. The van der Waals surface area contributed by atoms with Crippen molar-refractivity contribution in [3.8, 4) is 0 Å². The van der Waals surface area contributed by atoms with Crippen molar-refractivity contribution < 1.29 is 4.52 Å². The smallest absolute Gasteiger partial charge is 0.134 e. The lowest BCUT2D eigenvalue weighted by Crippen LogP contribution is -2.37. The van der Waals surface area contributed by atoms with Gasteiger partial charge in [0.25, 0.3) is 0 Å². The van der Waals surface area contributed by atoms with E-state index in [0.29, 0.717) is 40.5 Å². The summed E-state index contributed by atoms with van der Waals surface area (Å²) in [5, 5.41) is 8.16. The second-order valence-electron chi connectivity index (χ2n) is 8.77. The van der Waals surface area contributed by atoms with Crippen LogP contribution in [0.1, 0.15) is 45.6 Å². The van der Waals surface area contributed by atoms with Crippen LogP contribution in [0.5, 0.6) is 0 Å². The molecule has 1 aliphatic rings. The molecule has 0 radical (unpaired) electrons. The SMILES string of the molecule is CN=C(Cl)/C(CN1CC(C)C(NCCC(C)(C)C)C1)=C(\N)c1cc(C)on1. The highest BCUT2D eigenvalue weighted by molar-refractivity contribution is 6.70. The van der Waals surface area contributed by atoms with Gasteiger partial charge in [-0.25, -0.2) is 0 Å². The summed E-state index contributed by atoms with van der Waals surface area (Å²) in [4.78, 5) is 6.52. The molecule has 2 unspecified atom stereocenters. The van der Waals surface area contributed by atoms with Crippen molar-refractivity contribution in [3.63, 3.8) is 0 Å². The zero-order valence-electron chi connectivity index (χ0n) is 17.5. The van der Waals surface area contributed by atoms with Gasteiger partial charge < -0.3 is 15.6 Å². The molecule has 2 rings (SSSR count). The first kappa shape index (κ1) is 21.9. The number of halogens is 1. The summed E-state index contributed by atoms with van der Waals surface area (Å²) in [5.41, 5.74) is 8.64. The molecule has 0 bridgehead atoms. The van der Waals surface area contributed by atoms with E-state index >= 15 is 0 Å². The summed E-state index contributed by atoms with van der Waals surface area (Å²) < 4.78 is 5.15. The van der Waals surface area contributed by atoms with Gasteiger partial charge in [0.05, 0.1) is 5.70 Å².